The Morgan fingerprint density at radius 2 is 1.54 bits per heavy atom. The lowest BCUT2D eigenvalue weighted by molar-refractivity contribution is 0.0690. The van der Waals surface area contributed by atoms with E-state index in [0.29, 0.717) is 12.1 Å². The van der Waals surface area contributed by atoms with Gasteiger partial charge >= 0.3 is 10.1 Å². The molecule has 0 aliphatic carbocycles. The van der Waals surface area contributed by atoms with Crippen LogP contribution in [0.3, 0.4) is 0 Å². The minimum Gasteiger partial charge on any atom is -0.383 e. The number of carbonyl (C=O) groups excluding carboxylic acids is 1. The number of hydrogen-bond donors (Lipinski definition) is 0. The van der Waals surface area contributed by atoms with E-state index in [1.807, 2.05) is 38.1 Å². The Balaban J connectivity index is 2.15. The smallest absolute Gasteiger partial charge is 0.306 e. The Kier molecular flexibility index (Phi) is 6.42. The van der Waals surface area contributed by atoms with Gasteiger partial charge in [0.05, 0.1) is 6.26 Å². The largest absolute Gasteiger partial charge is 0.383 e. The Hall–Kier alpha value is -2.34. The molecule has 0 atom stereocenters. The van der Waals surface area contributed by atoms with Crippen LogP contribution in [0.2, 0.25) is 0 Å². The third-order valence-corrected chi connectivity index (χ3v) is 4.51. The van der Waals surface area contributed by atoms with E-state index in [4.69, 9.17) is 4.18 Å². The average Bonchev–Trinajstić information content (AvgIpc) is 2.59. The van der Waals surface area contributed by atoms with Crippen molar-refractivity contribution in [2.75, 3.05) is 6.26 Å². The zero-order chi connectivity index (χ0) is 19.3. The van der Waals surface area contributed by atoms with Gasteiger partial charge in [-0.3, -0.25) is 4.79 Å². The minimum atomic E-state index is -3.55. The van der Waals surface area contributed by atoms with Crippen molar-refractivity contribution < 1.29 is 17.4 Å². The molecule has 140 valence electrons. The van der Waals surface area contributed by atoms with Crippen LogP contribution in [-0.2, 0) is 23.1 Å². The Morgan fingerprint density at radius 3 is 2.00 bits per heavy atom. The van der Waals surface area contributed by atoms with Crippen molar-refractivity contribution >= 4 is 16.0 Å². The summed E-state index contributed by atoms with van der Waals surface area (Å²) < 4.78 is 27.2. The molecule has 0 bridgehead atoms. The van der Waals surface area contributed by atoms with Gasteiger partial charge in [0.15, 0.2) is 0 Å². The summed E-state index contributed by atoms with van der Waals surface area (Å²) in [7, 11) is -3.55. The predicted octanol–water partition coefficient (Wildman–Crippen LogP) is 3.64. The van der Waals surface area contributed by atoms with E-state index in [1.165, 1.54) is 5.56 Å². The molecule has 0 fully saturated rings. The number of amides is 1. The molecular weight excluding hydrogens is 350 g/mol. The zero-order valence-corrected chi connectivity index (χ0v) is 16.4. The molecule has 0 radical (unpaired) electrons. The molecule has 0 unspecified atom stereocenters. The van der Waals surface area contributed by atoms with Crippen LogP contribution in [0.25, 0.3) is 0 Å². The van der Waals surface area contributed by atoms with Gasteiger partial charge in [-0.05, 0) is 55.7 Å². The van der Waals surface area contributed by atoms with E-state index in [2.05, 4.69) is 6.92 Å². The first-order chi connectivity index (χ1) is 12.2. The molecule has 0 N–H and O–H groups in total. The van der Waals surface area contributed by atoms with Gasteiger partial charge in [0, 0.05) is 18.2 Å². The molecule has 5 nitrogen and oxygen atoms in total. The molecule has 0 aliphatic rings. The SMILES string of the molecule is CCc1ccc(C(=O)N(Cc2ccc(OS(C)(=O)=O)cc2)C(C)C)cc1. The molecule has 2 aromatic carbocycles. The van der Waals surface area contributed by atoms with Gasteiger partial charge in [-0.1, -0.05) is 31.2 Å². The molecule has 26 heavy (non-hydrogen) atoms. The second kappa shape index (κ2) is 8.36. The molecule has 2 rings (SSSR count). The Labute approximate surface area is 155 Å². The van der Waals surface area contributed by atoms with Crippen LogP contribution in [0.5, 0.6) is 5.75 Å². The molecule has 0 aliphatic heterocycles. The van der Waals surface area contributed by atoms with E-state index in [0.717, 1.165) is 18.2 Å². The number of nitrogens with zero attached hydrogens (tertiary/aromatic N) is 1. The fourth-order valence-corrected chi connectivity index (χ4v) is 3.02. The molecular formula is C20H25NO4S. The lowest BCUT2D eigenvalue weighted by Crippen LogP contribution is -2.36. The minimum absolute atomic E-state index is 0.0281. The lowest BCUT2D eigenvalue weighted by Gasteiger charge is -2.27. The van der Waals surface area contributed by atoms with E-state index in [-0.39, 0.29) is 17.7 Å². The maximum absolute atomic E-state index is 12.9. The summed E-state index contributed by atoms with van der Waals surface area (Å²) in [6.45, 7) is 6.46. The molecule has 0 saturated carbocycles. The number of carbonyl (C=O) groups is 1. The van der Waals surface area contributed by atoms with Crippen molar-refractivity contribution in [3.8, 4) is 5.75 Å². The van der Waals surface area contributed by atoms with Gasteiger partial charge in [0.25, 0.3) is 5.91 Å². The zero-order valence-electron chi connectivity index (χ0n) is 15.6. The van der Waals surface area contributed by atoms with Crippen LogP contribution in [0.4, 0.5) is 0 Å². The topological polar surface area (TPSA) is 63.7 Å². The van der Waals surface area contributed by atoms with E-state index >= 15 is 0 Å². The van der Waals surface area contributed by atoms with E-state index in [1.54, 1.807) is 29.2 Å². The monoisotopic (exact) mass is 375 g/mol. The van der Waals surface area contributed by atoms with Crippen molar-refractivity contribution in [2.45, 2.75) is 39.8 Å². The van der Waals surface area contributed by atoms with Crippen LogP contribution in [0, 0.1) is 0 Å². The van der Waals surface area contributed by atoms with Crippen LogP contribution in [0.1, 0.15) is 42.3 Å². The highest BCUT2D eigenvalue weighted by Crippen LogP contribution is 2.18. The first-order valence-corrected chi connectivity index (χ1v) is 10.4. The van der Waals surface area contributed by atoms with Gasteiger partial charge in [-0.25, -0.2) is 0 Å². The van der Waals surface area contributed by atoms with E-state index < -0.39 is 10.1 Å². The third-order valence-electron chi connectivity index (χ3n) is 4.02. The first kappa shape index (κ1) is 20.0. The third kappa shape index (κ3) is 5.59. The lowest BCUT2D eigenvalue weighted by atomic mass is 10.1. The highest BCUT2D eigenvalue weighted by atomic mass is 32.2. The highest BCUT2D eigenvalue weighted by molar-refractivity contribution is 7.86. The normalized spacial score (nSPS) is 11.4. The number of benzene rings is 2. The fourth-order valence-electron chi connectivity index (χ4n) is 2.56. The maximum Gasteiger partial charge on any atom is 0.306 e. The highest BCUT2D eigenvalue weighted by Gasteiger charge is 2.19. The second-order valence-electron chi connectivity index (χ2n) is 6.51. The van der Waals surface area contributed by atoms with Crippen molar-refractivity contribution in [1.29, 1.82) is 0 Å². The fraction of sp³-hybridized carbons (Fsp3) is 0.350. The summed E-state index contributed by atoms with van der Waals surface area (Å²) in [4.78, 5) is 14.7. The van der Waals surface area contributed by atoms with Crippen LogP contribution in [0.15, 0.2) is 48.5 Å². The number of rotatable bonds is 7. The van der Waals surface area contributed by atoms with Crippen LogP contribution >= 0.6 is 0 Å². The average molecular weight is 375 g/mol. The maximum atomic E-state index is 12.9. The summed E-state index contributed by atoms with van der Waals surface area (Å²) in [5, 5.41) is 0. The summed E-state index contributed by atoms with van der Waals surface area (Å²) in [6, 6.07) is 14.4. The van der Waals surface area contributed by atoms with Crippen molar-refractivity contribution in [2.24, 2.45) is 0 Å². The molecule has 0 heterocycles. The van der Waals surface area contributed by atoms with Crippen LogP contribution in [-0.4, -0.2) is 31.5 Å². The summed E-state index contributed by atoms with van der Waals surface area (Å²) in [6.07, 6.45) is 1.94. The molecule has 2 aromatic rings. The molecule has 0 spiro atoms. The Morgan fingerprint density at radius 1 is 1.00 bits per heavy atom. The summed E-state index contributed by atoms with van der Waals surface area (Å²) in [5.41, 5.74) is 2.75. The van der Waals surface area contributed by atoms with Gasteiger partial charge in [0.1, 0.15) is 5.75 Å². The van der Waals surface area contributed by atoms with Crippen LogP contribution < -0.4 is 4.18 Å². The molecule has 0 saturated heterocycles. The second-order valence-corrected chi connectivity index (χ2v) is 8.08. The van der Waals surface area contributed by atoms with Crippen molar-refractivity contribution in [3.05, 3.63) is 65.2 Å². The predicted molar refractivity (Wildman–Crippen MR) is 103 cm³/mol. The Bertz CT molecular complexity index is 840. The van der Waals surface area contributed by atoms with Crippen molar-refractivity contribution in [3.63, 3.8) is 0 Å². The van der Waals surface area contributed by atoms with Gasteiger partial charge in [0.2, 0.25) is 0 Å². The van der Waals surface area contributed by atoms with Gasteiger partial charge in [-0.15, -0.1) is 0 Å². The summed E-state index contributed by atoms with van der Waals surface area (Å²) >= 11 is 0. The molecule has 6 heteroatoms. The van der Waals surface area contributed by atoms with Crippen molar-refractivity contribution in [1.82, 2.24) is 4.90 Å². The summed E-state index contributed by atoms with van der Waals surface area (Å²) in [5.74, 6) is 0.230. The molecule has 1 amide bonds. The quantitative estimate of drug-likeness (QED) is 0.693. The number of hydrogen-bond acceptors (Lipinski definition) is 4. The van der Waals surface area contributed by atoms with Gasteiger partial charge < -0.3 is 9.08 Å². The number of aryl methyl sites for hydroxylation is 1. The van der Waals surface area contributed by atoms with E-state index in [9.17, 15) is 13.2 Å². The molecule has 0 aromatic heterocycles. The standard InChI is InChI=1S/C20H25NO4S/c1-5-16-6-10-18(11-7-16)20(22)21(15(2)3)14-17-8-12-19(13-9-17)25-26(4,23)24/h6-13,15H,5,14H2,1-4H3. The first-order valence-electron chi connectivity index (χ1n) is 8.58. The van der Waals surface area contributed by atoms with Gasteiger partial charge in [-0.2, -0.15) is 8.42 Å².